The van der Waals surface area contributed by atoms with Crippen LogP contribution in [0.25, 0.3) is 10.8 Å². The fraction of sp³-hybridized carbons (Fsp3) is 0.375. The predicted octanol–water partition coefficient (Wildman–Crippen LogP) is 0.690. The predicted molar refractivity (Wildman–Crippen MR) is 55.1 cm³/mol. The summed E-state index contributed by atoms with van der Waals surface area (Å²) in [5, 5.41) is 12.6. The third-order valence-corrected chi connectivity index (χ3v) is 2.70. The number of hydrogen-bond acceptors (Lipinski definition) is 5. The van der Waals surface area contributed by atoms with Gasteiger partial charge in [-0.2, -0.15) is 5.10 Å². The Kier molecular flexibility index (Phi) is 2.85. The van der Waals surface area contributed by atoms with Crippen molar-refractivity contribution in [2.45, 2.75) is 6.42 Å². The minimum Gasteiger partial charge on any atom is -0.319 e. The molecule has 0 aliphatic rings. The van der Waals surface area contributed by atoms with Gasteiger partial charge < -0.3 is 5.32 Å². The van der Waals surface area contributed by atoms with Gasteiger partial charge in [-0.15, -0.1) is 11.3 Å². The molecule has 0 saturated heterocycles. The Balaban J connectivity index is 2.10. The SMILES string of the molecule is CNCCc1csc(-c2ncn[nH]2)n1. The largest absolute Gasteiger partial charge is 0.319 e. The second kappa shape index (κ2) is 4.30. The third-order valence-electron chi connectivity index (χ3n) is 1.80. The Labute approximate surface area is 85.6 Å². The van der Waals surface area contributed by atoms with Gasteiger partial charge in [0.1, 0.15) is 6.33 Å². The zero-order valence-electron chi connectivity index (χ0n) is 7.82. The molecule has 0 aliphatic heterocycles. The van der Waals surface area contributed by atoms with Crippen molar-refractivity contribution in [3.63, 3.8) is 0 Å². The van der Waals surface area contributed by atoms with Crippen LogP contribution in [0.5, 0.6) is 0 Å². The summed E-state index contributed by atoms with van der Waals surface area (Å²) in [6.45, 7) is 0.944. The fourth-order valence-corrected chi connectivity index (χ4v) is 1.89. The first-order valence-electron chi connectivity index (χ1n) is 4.35. The van der Waals surface area contributed by atoms with Crippen LogP contribution >= 0.6 is 11.3 Å². The van der Waals surface area contributed by atoms with Crippen LogP contribution in [0.15, 0.2) is 11.7 Å². The molecule has 0 spiro atoms. The molecule has 2 N–H and O–H groups in total. The summed E-state index contributed by atoms with van der Waals surface area (Å²) >= 11 is 1.59. The molecule has 0 atom stereocenters. The molecule has 2 heterocycles. The molecule has 0 amide bonds. The van der Waals surface area contributed by atoms with Crippen molar-refractivity contribution in [1.29, 1.82) is 0 Å². The molecule has 0 bridgehead atoms. The summed E-state index contributed by atoms with van der Waals surface area (Å²) in [6, 6.07) is 0. The van der Waals surface area contributed by atoms with Crippen LogP contribution in [0, 0.1) is 0 Å². The number of likely N-dealkylation sites (N-methyl/N-ethyl adjacent to an activating group) is 1. The van der Waals surface area contributed by atoms with Crippen LogP contribution in [0.3, 0.4) is 0 Å². The lowest BCUT2D eigenvalue weighted by Gasteiger charge is -1.93. The molecule has 0 unspecified atom stereocenters. The molecule has 0 radical (unpaired) electrons. The number of aromatic nitrogens is 4. The van der Waals surface area contributed by atoms with E-state index in [9.17, 15) is 0 Å². The monoisotopic (exact) mass is 209 g/mol. The van der Waals surface area contributed by atoms with E-state index in [0.717, 1.165) is 29.5 Å². The number of nitrogens with zero attached hydrogens (tertiary/aromatic N) is 3. The fourth-order valence-electron chi connectivity index (χ4n) is 1.09. The normalized spacial score (nSPS) is 10.6. The number of H-pyrrole nitrogens is 1. The topological polar surface area (TPSA) is 66.5 Å². The smallest absolute Gasteiger partial charge is 0.184 e. The van der Waals surface area contributed by atoms with E-state index in [1.165, 1.54) is 6.33 Å². The number of rotatable bonds is 4. The summed E-state index contributed by atoms with van der Waals surface area (Å²) in [5.41, 5.74) is 1.09. The summed E-state index contributed by atoms with van der Waals surface area (Å²) < 4.78 is 0. The van der Waals surface area contributed by atoms with Crippen LogP contribution in [-0.4, -0.2) is 33.8 Å². The summed E-state index contributed by atoms with van der Waals surface area (Å²) in [6.07, 6.45) is 2.44. The number of thiazole rings is 1. The van der Waals surface area contributed by atoms with Crippen LogP contribution in [0.2, 0.25) is 0 Å². The maximum Gasteiger partial charge on any atom is 0.184 e. The molecule has 5 nitrogen and oxygen atoms in total. The molecular formula is C8H11N5S. The number of hydrogen-bond donors (Lipinski definition) is 2. The van der Waals surface area contributed by atoms with Crippen molar-refractivity contribution in [2.24, 2.45) is 0 Å². The summed E-state index contributed by atoms with van der Waals surface area (Å²) in [7, 11) is 1.93. The van der Waals surface area contributed by atoms with Crippen LogP contribution < -0.4 is 5.32 Å². The first kappa shape index (κ1) is 9.29. The van der Waals surface area contributed by atoms with E-state index in [2.05, 4.69) is 30.9 Å². The second-order valence-corrected chi connectivity index (χ2v) is 3.69. The van der Waals surface area contributed by atoms with Crippen molar-refractivity contribution in [1.82, 2.24) is 25.5 Å². The minimum atomic E-state index is 0.741. The van der Waals surface area contributed by atoms with Crippen molar-refractivity contribution >= 4 is 11.3 Å². The summed E-state index contributed by atoms with van der Waals surface area (Å²) in [5.74, 6) is 0.741. The first-order chi connectivity index (χ1) is 6.90. The molecule has 2 aromatic rings. The Bertz CT molecular complexity index is 380. The molecule has 0 aromatic carbocycles. The van der Waals surface area contributed by atoms with Gasteiger partial charge >= 0.3 is 0 Å². The zero-order valence-corrected chi connectivity index (χ0v) is 8.64. The Morgan fingerprint density at radius 3 is 3.21 bits per heavy atom. The highest BCUT2D eigenvalue weighted by molar-refractivity contribution is 7.13. The maximum atomic E-state index is 4.44. The molecular weight excluding hydrogens is 198 g/mol. The number of aromatic amines is 1. The highest BCUT2D eigenvalue weighted by Crippen LogP contribution is 2.19. The second-order valence-electron chi connectivity index (χ2n) is 2.83. The number of nitrogens with one attached hydrogen (secondary N) is 2. The van der Waals surface area contributed by atoms with Gasteiger partial charge in [-0.1, -0.05) is 0 Å². The molecule has 6 heteroatoms. The third kappa shape index (κ3) is 1.97. The van der Waals surface area contributed by atoms with Gasteiger partial charge in [0.05, 0.1) is 5.69 Å². The summed E-state index contributed by atoms with van der Waals surface area (Å²) in [4.78, 5) is 8.48. The molecule has 0 fully saturated rings. The maximum absolute atomic E-state index is 4.44. The van der Waals surface area contributed by atoms with Gasteiger partial charge in [0.2, 0.25) is 0 Å². The quantitative estimate of drug-likeness (QED) is 0.777. The molecule has 2 rings (SSSR count). The van der Waals surface area contributed by atoms with Gasteiger partial charge in [0.25, 0.3) is 0 Å². The van der Waals surface area contributed by atoms with Crippen molar-refractivity contribution in [3.8, 4) is 10.8 Å². The van der Waals surface area contributed by atoms with E-state index in [4.69, 9.17) is 0 Å². The first-order valence-corrected chi connectivity index (χ1v) is 5.23. The van der Waals surface area contributed by atoms with Gasteiger partial charge in [-0.05, 0) is 7.05 Å². The van der Waals surface area contributed by atoms with Crippen molar-refractivity contribution in [3.05, 3.63) is 17.4 Å². The van der Waals surface area contributed by atoms with E-state index >= 15 is 0 Å². The Morgan fingerprint density at radius 1 is 1.57 bits per heavy atom. The lowest BCUT2D eigenvalue weighted by Crippen LogP contribution is -2.10. The van der Waals surface area contributed by atoms with Gasteiger partial charge in [-0.3, -0.25) is 5.10 Å². The average Bonchev–Trinajstić information content (AvgIpc) is 2.85. The average molecular weight is 209 g/mol. The van der Waals surface area contributed by atoms with Crippen LogP contribution in [0.4, 0.5) is 0 Å². The minimum absolute atomic E-state index is 0.741. The van der Waals surface area contributed by atoms with Gasteiger partial charge in [0, 0.05) is 18.3 Å². The van der Waals surface area contributed by atoms with Gasteiger partial charge in [-0.25, -0.2) is 9.97 Å². The molecule has 74 valence electrons. The van der Waals surface area contributed by atoms with Crippen molar-refractivity contribution < 1.29 is 0 Å². The van der Waals surface area contributed by atoms with E-state index in [1.807, 2.05) is 7.05 Å². The van der Waals surface area contributed by atoms with Crippen molar-refractivity contribution in [2.75, 3.05) is 13.6 Å². The van der Waals surface area contributed by atoms with Crippen LogP contribution in [-0.2, 0) is 6.42 Å². The molecule has 0 saturated carbocycles. The lowest BCUT2D eigenvalue weighted by atomic mass is 10.3. The van der Waals surface area contributed by atoms with E-state index in [-0.39, 0.29) is 0 Å². The Morgan fingerprint density at radius 2 is 2.50 bits per heavy atom. The Hall–Kier alpha value is -1.27. The lowest BCUT2D eigenvalue weighted by molar-refractivity contribution is 0.780. The highest BCUT2D eigenvalue weighted by Gasteiger charge is 2.06. The van der Waals surface area contributed by atoms with E-state index in [0.29, 0.717) is 0 Å². The molecule has 14 heavy (non-hydrogen) atoms. The highest BCUT2D eigenvalue weighted by atomic mass is 32.1. The van der Waals surface area contributed by atoms with E-state index in [1.54, 1.807) is 11.3 Å². The molecule has 0 aliphatic carbocycles. The van der Waals surface area contributed by atoms with Gasteiger partial charge in [0.15, 0.2) is 10.8 Å². The standard InChI is InChI=1S/C8H11N5S/c1-9-3-2-6-4-14-8(12-6)7-10-5-11-13-7/h4-5,9H,2-3H2,1H3,(H,10,11,13). The molecule has 2 aromatic heterocycles. The van der Waals surface area contributed by atoms with Crippen LogP contribution in [0.1, 0.15) is 5.69 Å². The zero-order chi connectivity index (χ0) is 9.80. The van der Waals surface area contributed by atoms with E-state index < -0.39 is 0 Å².